The summed E-state index contributed by atoms with van der Waals surface area (Å²) in [6, 6.07) is -2.02. The van der Waals surface area contributed by atoms with Gasteiger partial charge < -0.3 is 5.32 Å². The molecular formula is C5H5F3NO2. The minimum atomic E-state index is -4.52. The van der Waals surface area contributed by atoms with E-state index >= 15 is 0 Å². The number of halogens is 3. The smallest absolute Gasteiger partial charge is 0.338 e. The maximum atomic E-state index is 11.6. The number of hydrogen-bond donors (Lipinski definition) is 1. The molecule has 1 N–H and O–H groups in total. The molecule has 0 saturated heterocycles. The summed E-state index contributed by atoms with van der Waals surface area (Å²) in [5.41, 5.74) is 0. The Balaban J connectivity index is 3.97. The highest BCUT2D eigenvalue weighted by atomic mass is 19.4. The van der Waals surface area contributed by atoms with Gasteiger partial charge in [-0.25, -0.2) is 0 Å². The maximum Gasteiger partial charge on any atom is 0.408 e. The molecule has 1 amide bonds. The summed E-state index contributed by atoms with van der Waals surface area (Å²) in [5, 5.41) is 1.38. The maximum absolute atomic E-state index is 11.6. The van der Waals surface area contributed by atoms with Crippen LogP contribution in [-0.2, 0) is 9.59 Å². The molecule has 0 aromatic rings. The molecule has 0 bridgehead atoms. The molecule has 6 heteroatoms. The molecule has 0 aromatic carbocycles. The number of hydrogen-bond acceptors (Lipinski definition) is 2. The first-order chi connectivity index (χ1) is 4.88. The van der Waals surface area contributed by atoms with Gasteiger partial charge in [0.05, 0.1) is 0 Å². The average molecular weight is 168 g/mol. The number of rotatable bonds is 2. The zero-order chi connectivity index (χ0) is 9.07. The first-order valence-corrected chi connectivity index (χ1v) is 2.63. The van der Waals surface area contributed by atoms with Crippen LogP contribution in [0.4, 0.5) is 13.2 Å². The van der Waals surface area contributed by atoms with Crippen molar-refractivity contribution in [2.24, 2.45) is 0 Å². The molecular weight excluding hydrogens is 163 g/mol. The van der Waals surface area contributed by atoms with Crippen LogP contribution in [0, 0.1) is 0 Å². The molecule has 0 spiro atoms. The minimum Gasteiger partial charge on any atom is -0.338 e. The third-order valence-corrected chi connectivity index (χ3v) is 0.931. The first kappa shape index (κ1) is 9.93. The summed E-state index contributed by atoms with van der Waals surface area (Å²) in [6.45, 7) is 0.731. The molecule has 0 rings (SSSR count). The molecule has 3 nitrogen and oxygen atoms in total. The molecule has 0 aliphatic rings. The molecule has 0 saturated carbocycles. The Morgan fingerprint density at radius 3 is 2.27 bits per heavy atom. The Morgan fingerprint density at radius 1 is 1.55 bits per heavy atom. The molecule has 0 aromatic heterocycles. The van der Waals surface area contributed by atoms with E-state index in [1.807, 2.05) is 0 Å². The van der Waals surface area contributed by atoms with E-state index in [0.29, 0.717) is 0 Å². The SMILES string of the molecule is C[C@@H](NC(=O)[C]=O)C(F)(F)F. The van der Waals surface area contributed by atoms with E-state index in [-0.39, 0.29) is 0 Å². The zero-order valence-electron chi connectivity index (χ0n) is 5.53. The summed E-state index contributed by atoms with van der Waals surface area (Å²) in [4.78, 5) is 19.5. The van der Waals surface area contributed by atoms with E-state index in [2.05, 4.69) is 0 Å². The third-order valence-electron chi connectivity index (χ3n) is 0.931. The number of nitrogens with one attached hydrogen (secondary N) is 1. The summed E-state index contributed by atoms with van der Waals surface area (Å²) >= 11 is 0. The van der Waals surface area contributed by atoms with Crippen molar-refractivity contribution in [1.82, 2.24) is 5.32 Å². The fourth-order valence-corrected chi connectivity index (χ4v) is 0.308. The van der Waals surface area contributed by atoms with Gasteiger partial charge in [-0.1, -0.05) is 0 Å². The Labute approximate surface area is 60.6 Å². The molecule has 63 valence electrons. The second-order valence-electron chi connectivity index (χ2n) is 1.84. The van der Waals surface area contributed by atoms with E-state index < -0.39 is 18.1 Å². The molecule has 1 atom stereocenters. The topological polar surface area (TPSA) is 46.2 Å². The van der Waals surface area contributed by atoms with Gasteiger partial charge in [-0.05, 0) is 6.92 Å². The van der Waals surface area contributed by atoms with E-state index in [4.69, 9.17) is 0 Å². The molecule has 0 unspecified atom stereocenters. The fourth-order valence-electron chi connectivity index (χ4n) is 0.308. The number of alkyl halides is 3. The molecule has 0 heterocycles. The Kier molecular flexibility index (Phi) is 3.03. The van der Waals surface area contributed by atoms with Gasteiger partial charge in [0.25, 0.3) is 12.2 Å². The standard InChI is InChI=1S/C5H5F3NO2/c1-3(5(6,7)8)9-4(11)2-10/h3H,1H3,(H,9,11)/t3-/m1/s1. The lowest BCUT2D eigenvalue weighted by Gasteiger charge is -2.14. The fraction of sp³-hybridized carbons (Fsp3) is 0.600. The number of carbonyl (C=O) groups is 1. The molecule has 0 fully saturated rings. The van der Waals surface area contributed by atoms with E-state index in [1.54, 1.807) is 0 Å². The van der Waals surface area contributed by atoms with E-state index in [0.717, 1.165) is 13.2 Å². The summed E-state index contributed by atoms with van der Waals surface area (Å²) in [7, 11) is 0. The van der Waals surface area contributed by atoms with Gasteiger partial charge in [-0.15, -0.1) is 0 Å². The Hall–Kier alpha value is -1.07. The van der Waals surface area contributed by atoms with Gasteiger partial charge in [-0.2, -0.15) is 13.2 Å². The van der Waals surface area contributed by atoms with Crippen LogP contribution in [0.25, 0.3) is 0 Å². The molecule has 1 radical (unpaired) electrons. The van der Waals surface area contributed by atoms with Crippen LogP contribution < -0.4 is 5.32 Å². The highest BCUT2D eigenvalue weighted by Gasteiger charge is 2.36. The van der Waals surface area contributed by atoms with Gasteiger partial charge in [0.15, 0.2) is 0 Å². The van der Waals surface area contributed by atoms with Crippen LogP contribution in [0.3, 0.4) is 0 Å². The van der Waals surface area contributed by atoms with Gasteiger partial charge in [-0.3, -0.25) is 9.59 Å². The summed E-state index contributed by atoms with van der Waals surface area (Å²) < 4.78 is 34.8. The highest BCUT2D eigenvalue weighted by Crippen LogP contribution is 2.18. The summed E-state index contributed by atoms with van der Waals surface area (Å²) in [5.74, 6) is -1.39. The van der Waals surface area contributed by atoms with Gasteiger partial charge in [0.1, 0.15) is 6.04 Å². The minimum absolute atomic E-state index is 0.731. The van der Waals surface area contributed by atoms with Gasteiger partial charge in [0.2, 0.25) is 0 Å². The van der Waals surface area contributed by atoms with Crippen LogP contribution in [0.15, 0.2) is 0 Å². The van der Waals surface area contributed by atoms with Crippen molar-refractivity contribution in [2.75, 3.05) is 0 Å². The highest BCUT2D eigenvalue weighted by molar-refractivity contribution is 6.24. The van der Waals surface area contributed by atoms with Crippen LogP contribution in [0.1, 0.15) is 6.92 Å². The van der Waals surface area contributed by atoms with Crippen LogP contribution in [0.5, 0.6) is 0 Å². The van der Waals surface area contributed by atoms with Crippen molar-refractivity contribution in [3.05, 3.63) is 0 Å². The normalized spacial score (nSPS) is 13.8. The van der Waals surface area contributed by atoms with Crippen molar-refractivity contribution in [1.29, 1.82) is 0 Å². The van der Waals surface area contributed by atoms with Crippen molar-refractivity contribution in [3.63, 3.8) is 0 Å². The average Bonchev–Trinajstić information content (AvgIpc) is 1.85. The Bertz CT molecular complexity index is 166. The van der Waals surface area contributed by atoms with Crippen molar-refractivity contribution in [3.8, 4) is 0 Å². The molecule has 0 aliphatic heterocycles. The summed E-state index contributed by atoms with van der Waals surface area (Å²) in [6.07, 6.45) is -3.75. The van der Waals surface area contributed by atoms with E-state index in [9.17, 15) is 22.8 Å². The van der Waals surface area contributed by atoms with Crippen LogP contribution in [-0.4, -0.2) is 24.4 Å². The van der Waals surface area contributed by atoms with Crippen molar-refractivity contribution < 1.29 is 22.8 Å². The monoisotopic (exact) mass is 168 g/mol. The number of carbonyl (C=O) groups excluding carboxylic acids is 2. The number of amides is 1. The zero-order valence-corrected chi connectivity index (χ0v) is 5.53. The lowest BCUT2D eigenvalue weighted by Crippen LogP contribution is -2.43. The van der Waals surface area contributed by atoms with E-state index in [1.165, 1.54) is 5.32 Å². The lowest BCUT2D eigenvalue weighted by atomic mass is 10.3. The largest absolute Gasteiger partial charge is 0.408 e. The quantitative estimate of drug-likeness (QED) is 0.597. The van der Waals surface area contributed by atoms with Crippen LogP contribution >= 0.6 is 0 Å². The second kappa shape index (κ2) is 3.36. The van der Waals surface area contributed by atoms with Crippen molar-refractivity contribution in [2.45, 2.75) is 19.1 Å². The van der Waals surface area contributed by atoms with Crippen molar-refractivity contribution >= 4 is 12.2 Å². The second-order valence-corrected chi connectivity index (χ2v) is 1.84. The predicted molar refractivity (Wildman–Crippen MR) is 29.4 cm³/mol. The first-order valence-electron chi connectivity index (χ1n) is 2.63. The Morgan fingerprint density at radius 2 is 2.00 bits per heavy atom. The molecule has 11 heavy (non-hydrogen) atoms. The lowest BCUT2D eigenvalue weighted by molar-refractivity contribution is -0.156. The molecule has 0 aliphatic carbocycles. The predicted octanol–water partition coefficient (Wildman–Crippen LogP) is 0.163. The third kappa shape index (κ3) is 3.59. The van der Waals surface area contributed by atoms with Gasteiger partial charge >= 0.3 is 6.18 Å². The van der Waals surface area contributed by atoms with Gasteiger partial charge in [0, 0.05) is 0 Å². The van der Waals surface area contributed by atoms with Crippen LogP contribution in [0.2, 0.25) is 0 Å².